The first-order valence-electron chi connectivity index (χ1n) is 7.22. The van der Waals surface area contributed by atoms with Gasteiger partial charge in [-0.1, -0.05) is 48.0 Å². The van der Waals surface area contributed by atoms with Gasteiger partial charge in [0, 0.05) is 22.2 Å². The SMILES string of the molecule is Cc1cccc(C[S@](=O)CC(=O)Nc2c(C)cccc2C)c1. The highest BCUT2D eigenvalue weighted by Crippen LogP contribution is 2.19. The number of hydrogen-bond acceptors (Lipinski definition) is 2. The molecule has 0 aromatic heterocycles. The summed E-state index contributed by atoms with van der Waals surface area (Å²) < 4.78 is 12.1. The monoisotopic (exact) mass is 315 g/mol. The second-order valence-corrected chi connectivity index (χ2v) is 6.99. The molecule has 0 fully saturated rings. The molecular formula is C18H21NO2S. The van der Waals surface area contributed by atoms with Gasteiger partial charge >= 0.3 is 0 Å². The Morgan fingerprint density at radius 2 is 1.68 bits per heavy atom. The molecule has 4 heteroatoms. The summed E-state index contributed by atoms with van der Waals surface area (Å²) in [5.74, 6) is 0.215. The third-order valence-electron chi connectivity index (χ3n) is 3.45. The van der Waals surface area contributed by atoms with Gasteiger partial charge in [0.1, 0.15) is 5.75 Å². The van der Waals surface area contributed by atoms with Crippen LogP contribution in [-0.2, 0) is 21.3 Å². The number of aryl methyl sites for hydroxylation is 3. The number of amides is 1. The summed E-state index contributed by atoms with van der Waals surface area (Å²) in [5, 5.41) is 2.87. The van der Waals surface area contributed by atoms with Crippen molar-refractivity contribution in [3.63, 3.8) is 0 Å². The highest BCUT2D eigenvalue weighted by molar-refractivity contribution is 7.84. The molecule has 1 atom stereocenters. The third-order valence-corrected chi connectivity index (χ3v) is 4.69. The Morgan fingerprint density at radius 3 is 2.32 bits per heavy atom. The maximum absolute atomic E-state index is 12.1. The zero-order chi connectivity index (χ0) is 16.1. The summed E-state index contributed by atoms with van der Waals surface area (Å²) in [5.41, 5.74) is 4.98. The average molecular weight is 315 g/mol. The van der Waals surface area contributed by atoms with Crippen LogP contribution < -0.4 is 5.32 Å². The van der Waals surface area contributed by atoms with Gasteiger partial charge in [-0.3, -0.25) is 9.00 Å². The first kappa shape index (κ1) is 16.4. The number of rotatable bonds is 5. The summed E-state index contributed by atoms with van der Waals surface area (Å²) >= 11 is 0. The van der Waals surface area contributed by atoms with E-state index in [0.29, 0.717) is 5.75 Å². The van der Waals surface area contributed by atoms with E-state index in [0.717, 1.165) is 27.9 Å². The van der Waals surface area contributed by atoms with Gasteiger partial charge in [0.2, 0.25) is 5.91 Å². The molecular weight excluding hydrogens is 294 g/mol. The minimum Gasteiger partial charge on any atom is -0.325 e. The van der Waals surface area contributed by atoms with Gasteiger partial charge in [-0.15, -0.1) is 0 Å². The topological polar surface area (TPSA) is 46.2 Å². The van der Waals surface area contributed by atoms with Crippen LogP contribution in [-0.4, -0.2) is 15.9 Å². The number of carbonyl (C=O) groups is 1. The number of anilines is 1. The fourth-order valence-corrected chi connectivity index (χ4v) is 3.39. The summed E-state index contributed by atoms with van der Waals surface area (Å²) in [6.07, 6.45) is 0. The highest BCUT2D eigenvalue weighted by Gasteiger charge is 2.11. The Bertz CT molecular complexity index is 690. The largest absolute Gasteiger partial charge is 0.325 e. The van der Waals surface area contributed by atoms with Crippen molar-refractivity contribution in [1.82, 2.24) is 0 Å². The zero-order valence-corrected chi connectivity index (χ0v) is 14.0. The van der Waals surface area contributed by atoms with Gasteiger partial charge < -0.3 is 5.32 Å². The van der Waals surface area contributed by atoms with Gasteiger partial charge in [0.05, 0.1) is 0 Å². The van der Waals surface area contributed by atoms with Gasteiger partial charge in [-0.2, -0.15) is 0 Å². The summed E-state index contributed by atoms with van der Waals surface area (Å²) in [6.45, 7) is 5.90. The van der Waals surface area contributed by atoms with Crippen LogP contribution in [0.1, 0.15) is 22.3 Å². The van der Waals surface area contributed by atoms with Gasteiger partial charge in [-0.25, -0.2) is 0 Å². The van der Waals surface area contributed by atoms with Crippen molar-refractivity contribution >= 4 is 22.4 Å². The lowest BCUT2D eigenvalue weighted by molar-refractivity contribution is -0.113. The predicted octanol–water partition coefficient (Wildman–Crippen LogP) is 3.50. The number of benzene rings is 2. The van der Waals surface area contributed by atoms with Crippen LogP contribution in [0.3, 0.4) is 0 Å². The Hall–Kier alpha value is -1.94. The second-order valence-electron chi connectivity index (χ2n) is 5.53. The van der Waals surface area contributed by atoms with E-state index in [1.807, 2.05) is 63.2 Å². The molecule has 0 aliphatic carbocycles. The van der Waals surface area contributed by atoms with E-state index < -0.39 is 10.8 Å². The number of nitrogens with one attached hydrogen (secondary N) is 1. The first-order valence-corrected chi connectivity index (χ1v) is 8.71. The molecule has 1 N–H and O–H groups in total. The lowest BCUT2D eigenvalue weighted by Crippen LogP contribution is -2.21. The molecule has 0 radical (unpaired) electrons. The van der Waals surface area contributed by atoms with Crippen molar-refractivity contribution in [3.05, 3.63) is 64.7 Å². The van der Waals surface area contributed by atoms with E-state index in [2.05, 4.69) is 5.32 Å². The number of hydrogen-bond donors (Lipinski definition) is 1. The molecule has 0 heterocycles. The fourth-order valence-electron chi connectivity index (χ4n) is 2.37. The lowest BCUT2D eigenvalue weighted by atomic mass is 10.1. The minimum atomic E-state index is -1.21. The maximum atomic E-state index is 12.1. The Balaban J connectivity index is 1.96. The van der Waals surface area contributed by atoms with E-state index in [-0.39, 0.29) is 11.7 Å². The molecule has 3 nitrogen and oxygen atoms in total. The van der Waals surface area contributed by atoms with Crippen LogP contribution in [0.15, 0.2) is 42.5 Å². The standard InChI is InChI=1S/C18H21NO2S/c1-13-6-4-9-16(10-13)11-22(21)12-17(20)19-18-14(2)7-5-8-15(18)3/h4-10H,11-12H2,1-3H3,(H,19,20)/t22-/m0/s1. The van der Waals surface area contributed by atoms with Crippen molar-refractivity contribution in [2.75, 3.05) is 11.1 Å². The van der Waals surface area contributed by atoms with Crippen molar-refractivity contribution in [1.29, 1.82) is 0 Å². The first-order chi connectivity index (χ1) is 10.5. The van der Waals surface area contributed by atoms with Gasteiger partial charge in [0.15, 0.2) is 0 Å². The molecule has 0 aliphatic heterocycles. The lowest BCUT2D eigenvalue weighted by Gasteiger charge is -2.11. The molecule has 0 bridgehead atoms. The molecule has 22 heavy (non-hydrogen) atoms. The van der Waals surface area contributed by atoms with E-state index in [1.54, 1.807) is 0 Å². The molecule has 0 spiro atoms. The van der Waals surface area contributed by atoms with Gasteiger partial charge in [-0.05, 0) is 37.5 Å². The van der Waals surface area contributed by atoms with Crippen LogP contribution >= 0.6 is 0 Å². The smallest absolute Gasteiger partial charge is 0.237 e. The van der Waals surface area contributed by atoms with Crippen LogP contribution in [0.25, 0.3) is 0 Å². The van der Waals surface area contributed by atoms with Crippen LogP contribution in [0.5, 0.6) is 0 Å². The van der Waals surface area contributed by atoms with E-state index in [4.69, 9.17) is 0 Å². The summed E-state index contributed by atoms with van der Waals surface area (Å²) in [6, 6.07) is 13.7. The van der Waals surface area contributed by atoms with Gasteiger partial charge in [0.25, 0.3) is 0 Å². The molecule has 0 aliphatic rings. The Morgan fingerprint density at radius 1 is 1.05 bits per heavy atom. The maximum Gasteiger partial charge on any atom is 0.237 e. The Labute approximate surface area is 134 Å². The average Bonchev–Trinajstić information content (AvgIpc) is 2.43. The van der Waals surface area contributed by atoms with Crippen LogP contribution in [0, 0.1) is 20.8 Å². The van der Waals surface area contributed by atoms with Crippen molar-refractivity contribution in [2.24, 2.45) is 0 Å². The molecule has 2 aromatic rings. The molecule has 1 amide bonds. The Kier molecular flexibility index (Phi) is 5.50. The molecule has 2 rings (SSSR count). The normalized spacial score (nSPS) is 12.0. The molecule has 0 unspecified atom stereocenters. The summed E-state index contributed by atoms with van der Waals surface area (Å²) in [7, 11) is -1.21. The fraction of sp³-hybridized carbons (Fsp3) is 0.278. The second kappa shape index (κ2) is 7.36. The van der Waals surface area contributed by atoms with E-state index in [1.165, 1.54) is 0 Å². The zero-order valence-electron chi connectivity index (χ0n) is 13.2. The van der Waals surface area contributed by atoms with Crippen LogP contribution in [0.2, 0.25) is 0 Å². The molecule has 0 saturated carbocycles. The number of para-hydroxylation sites is 1. The number of carbonyl (C=O) groups excluding carboxylic acids is 1. The summed E-state index contributed by atoms with van der Waals surface area (Å²) in [4.78, 5) is 12.1. The van der Waals surface area contributed by atoms with E-state index in [9.17, 15) is 9.00 Å². The predicted molar refractivity (Wildman–Crippen MR) is 92.4 cm³/mol. The van der Waals surface area contributed by atoms with Crippen molar-refractivity contribution in [3.8, 4) is 0 Å². The van der Waals surface area contributed by atoms with E-state index >= 15 is 0 Å². The molecule has 116 valence electrons. The minimum absolute atomic E-state index is 0.0156. The van der Waals surface area contributed by atoms with Crippen molar-refractivity contribution in [2.45, 2.75) is 26.5 Å². The highest BCUT2D eigenvalue weighted by atomic mass is 32.2. The quantitative estimate of drug-likeness (QED) is 0.918. The third kappa shape index (κ3) is 4.53. The van der Waals surface area contributed by atoms with Crippen LogP contribution in [0.4, 0.5) is 5.69 Å². The van der Waals surface area contributed by atoms with Crippen molar-refractivity contribution < 1.29 is 9.00 Å². The molecule has 0 saturated heterocycles. The molecule has 2 aromatic carbocycles.